The molecule has 0 radical (unpaired) electrons. The first-order valence-corrected chi connectivity index (χ1v) is 4.57. The molecular weight excluding hydrogens is 156 g/mol. The molecule has 1 N–H and O–H groups in total. The van der Waals surface area contributed by atoms with E-state index in [-0.39, 0.29) is 0 Å². The van der Waals surface area contributed by atoms with E-state index in [4.69, 9.17) is 9.84 Å². The molecule has 0 aromatic carbocycles. The lowest BCUT2D eigenvalue weighted by Gasteiger charge is -2.33. The van der Waals surface area contributed by atoms with Crippen LogP contribution in [0.2, 0.25) is 0 Å². The van der Waals surface area contributed by atoms with Gasteiger partial charge in [0.2, 0.25) is 0 Å². The van der Waals surface area contributed by atoms with Gasteiger partial charge in [-0.05, 0) is 24.7 Å². The molecule has 3 nitrogen and oxygen atoms in total. The second-order valence-electron chi connectivity index (χ2n) is 3.90. The van der Waals surface area contributed by atoms with Gasteiger partial charge in [0.1, 0.15) is 0 Å². The van der Waals surface area contributed by atoms with Crippen LogP contribution in [0, 0.1) is 17.8 Å². The second kappa shape index (κ2) is 3.05. The fourth-order valence-electron chi connectivity index (χ4n) is 1.95. The molecule has 12 heavy (non-hydrogen) atoms. The number of hydrogen-bond acceptors (Lipinski definition) is 2. The average Bonchev–Trinajstić information content (AvgIpc) is 2.60. The Morgan fingerprint density at radius 1 is 1.42 bits per heavy atom. The number of ether oxygens (including phenoxy) is 1. The molecule has 68 valence electrons. The van der Waals surface area contributed by atoms with Gasteiger partial charge in [-0.25, -0.2) is 0 Å². The fourth-order valence-corrected chi connectivity index (χ4v) is 1.95. The van der Waals surface area contributed by atoms with Crippen LogP contribution >= 0.6 is 0 Å². The van der Waals surface area contributed by atoms with Crippen molar-refractivity contribution in [2.75, 3.05) is 13.2 Å². The van der Waals surface area contributed by atoms with Gasteiger partial charge in [-0.3, -0.25) is 4.79 Å². The van der Waals surface area contributed by atoms with Crippen LogP contribution in [0.15, 0.2) is 0 Å². The summed E-state index contributed by atoms with van der Waals surface area (Å²) in [6.45, 7) is 1.57. The zero-order valence-corrected chi connectivity index (χ0v) is 7.03. The minimum absolute atomic E-state index is 0.346. The Morgan fingerprint density at radius 2 is 2.08 bits per heavy atom. The van der Waals surface area contributed by atoms with Gasteiger partial charge in [0.25, 0.3) is 0 Å². The number of carboxylic acid groups (broad SMARTS) is 1. The zero-order valence-electron chi connectivity index (χ0n) is 7.03. The number of rotatable bonds is 4. The second-order valence-corrected chi connectivity index (χ2v) is 3.90. The molecule has 0 amide bonds. The van der Waals surface area contributed by atoms with Gasteiger partial charge in [0, 0.05) is 12.3 Å². The van der Waals surface area contributed by atoms with Gasteiger partial charge in [0.05, 0.1) is 13.2 Å². The van der Waals surface area contributed by atoms with Gasteiger partial charge >= 0.3 is 5.97 Å². The smallest absolute Gasteiger partial charge is 0.303 e. The normalized spacial score (nSPS) is 26.3. The molecule has 0 aromatic heterocycles. The van der Waals surface area contributed by atoms with Crippen molar-refractivity contribution < 1.29 is 14.6 Å². The van der Waals surface area contributed by atoms with Crippen molar-refractivity contribution in [3.8, 4) is 0 Å². The summed E-state index contributed by atoms with van der Waals surface area (Å²) in [7, 11) is 0. The van der Waals surface area contributed by atoms with E-state index in [1.54, 1.807) is 0 Å². The van der Waals surface area contributed by atoms with Crippen molar-refractivity contribution in [3.05, 3.63) is 0 Å². The maximum atomic E-state index is 10.5. The number of hydrogen-bond donors (Lipinski definition) is 1. The summed E-state index contributed by atoms with van der Waals surface area (Å²) < 4.78 is 5.08. The van der Waals surface area contributed by atoms with Gasteiger partial charge in [0.15, 0.2) is 0 Å². The predicted molar refractivity (Wildman–Crippen MR) is 42.8 cm³/mol. The zero-order chi connectivity index (χ0) is 8.55. The van der Waals surface area contributed by atoms with E-state index in [0.717, 1.165) is 13.2 Å². The molecule has 0 bridgehead atoms. The number of carbonyl (C=O) groups is 1. The van der Waals surface area contributed by atoms with Gasteiger partial charge < -0.3 is 9.84 Å². The minimum Gasteiger partial charge on any atom is -0.481 e. The van der Waals surface area contributed by atoms with Crippen LogP contribution in [0.5, 0.6) is 0 Å². The number of aliphatic carboxylic acids is 1. The highest BCUT2D eigenvalue weighted by molar-refractivity contribution is 5.67. The lowest BCUT2D eigenvalue weighted by Crippen LogP contribution is -2.36. The summed E-state index contributed by atoms with van der Waals surface area (Å²) in [6, 6.07) is 0. The molecule has 1 saturated carbocycles. The summed E-state index contributed by atoms with van der Waals surface area (Å²) in [6.07, 6.45) is 2.81. The highest BCUT2D eigenvalue weighted by atomic mass is 16.5. The minimum atomic E-state index is -0.654. The Morgan fingerprint density at radius 3 is 2.42 bits per heavy atom. The van der Waals surface area contributed by atoms with Crippen LogP contribution in [0.3, 0.4) is 0 Å². The Labute approximate surface area is 71.7 Å². The quantitative estimate of drug-likeness (QED) is 0.688. The lowest BCUT2D eigenvalue weighted by atomic mass is 9.84. The SMILES string of the molecule is O=C(O)CC(C1CC1)C1COC1. The Hall–Kier alpha value is -0.570. The molecular formula is C9H14O3. The molecule has 1 aliphatic carbocycles. The topological polar surface area (TPSA) is 46.5 Å². The standard InChI is InChI=1S/C9H14O3/c10-9(11)3-8(6-1-2-6)7-4-12-5-7/h6-8H,1-5H2,(H,10,11). The molecule has 1 heterocycles. The number of carboxylic acids is 1. The van der Waals surface area contributed by atoms with Gasteiger partial charge in [-0.15, -0.1) is 0 Å². The molecule has 2 rings (SSSR count). The largest absolute Gasteiger partial charge is 0.481 e. The van der Waals surface area contributed by atoms with Crippen LogP contribution in [0.25, 0.3) is 0 Å². The third-order valence-electron chi connectivity index (χ3n) is 2.91. The van der Waals surface area contributed by atoms with E-state index >= 15 is 0 Å². The molecule has 2 aliphatic rings. The first-order valence-electron chi connectivity index (χ1n) is 4.57. The predicted octanol–water partition coefficient (Wildman–Crippen LogP) is 1.13. The Balaban J connectivity index is 1.87. The summed E-state index contributed by atoms with van der Waals surface area (Å²) >= 11 is 0. The average molecular weight is 170 g/mol. The summed E-state index contributed by atoms with van der Waals surface area (Å²) in [5, 5.41) is 8.69. The van der Waals surface area contributed by atoms with E-state index in [1.165, 1.54) is 12.8 Å². The van der Waals surface area contributed by atoms with E-state index in [2.05, 4.69) is 0 Å². The summed E-state index contributed by atoms with van der Waals surface area (Å²) in [4.78, 5) is 10.5. The first kappa shape index (κ1) is 8.05. The highest BCUT2D eigenvalue weighted by Gasteiger charge is 2.40. The first-order chi connectivity index (χ1) is 5.77. The third kappa shape index (κ3) is 1.61. The van der Waals surface area contributed by atoms with Crippen LogP contribution in [0.4, 0.5) is 0 Å². The molecule has 1 unspecified atom stereocenters. The molecule has 1 aliphatic heterocycles. The van der Waals surface area contributed by atoms with E-state index < -0.39 is 5.97 Å². The maximum Gasteiger partial charge on any atom is 0.303 e. The third-order valence-corrected chi connectivity index (χ3v) is 2.91. The highest BCUT2D eigenvalue weighted by Crippen LogP contribution is 2.44. The van der Waals surface area contributed by atoms with Crippen molar-refractivity contribution in [3.63, 3.8) is 0 Å². The van der Waals surface area contributed by atoms with Crippen molar-refractivity contribution in [1.82, 2.24) is 0 Å². The molecule has 3 heteroatoms. The fraction of sp³-hybridized carbons (Fsp3) is 0.889. The van der Waals surface area contributed by atoms with Crippen LogP contribution in [-0.2, 0) is 9.53 Å². The van der Waals surface area contributed by atoms with Crippen LogP contribution in [-0.4, -0.2) is 24.3 Å². The summed E-state index contributed by atoms with van der Waals surface area (Å²) in [5.41, 5.74) is 0. The van der Waals surface area contributed by atoms with E-state index in [0.29, 0.717) is 24.2 Å². The van der Waals surface area contributed by atoms with Crippen molar-refractivity contribution in [2.45, 2.75) is 19.3 Å². The van der Waals surface area contributed by atoms with Crippen molar-refractivity contribution in [2.24, 2.45) is 17.8 Å². The molecule has 1 saturated heterocycles. The lowest BCUT2D eigenvalue weighted by molar-refractivity contribution is -0.141. The van der Waals surface area contributed by atoms with Crippen molar-refractivity contribution in [1.29, 1.82) is 0 Å². The van der Waals surface area contributed by atoms with E-state index in [9.17, 15) is 4.79 Å². The van der Waals surface area contributed by atoms with Crippen molar-refractivity contribution >= 4 is 5.97 Å². The molecule has 2 fully saturated rings. The van der Waals surface area contributed by atoms with Gasteiger partial charge in [-0.2, -0.15) is 0 Å². The Kier molecular flexibility index (Phi) is 2.05. The maximum absolute atomic E-state index is 10.5. The van der Waals surface area contributed by atoms with Crippen LogP contribution in [0.1, 0.15) is 19.3 Å². The Bertz CT molecular complexity index is 182. The monoisotopic (exact) mass is 170 g/mol. The molecule has 0 aromatic rings. The molecule has 0 spiro atoms. The van der Waals surface area contributed by atoms with E-state index in [1.807, 2.05) is 0 Å². The molecule has 1 atom stereocenters. The summed E-state index contributed by atoms with van der Waals surface area (Å²) in [5.74, 6) is 0.971. The van der Waals surface area contributed by atoms with Crippen LogP contribution < -0.4 is 0 Å². The van der Waals surface area contributed by atoms with Gasteiger partial charge in [-0.1, -0.05) is 0 Å².